The first-order chi connectivity index (χ1) is 29.1. The van der Waals surface area contributed by atoms with E-state index in [1.807, 2.05) is 74.5 Å². The second kappa shape index (κ2) is 19.5. The molecule has 330 valence electrons. The van der Waals surface area contributed by atoms with E-state index in [1.165, 1.54) is 0 Å². The molecule has 0 radical (unpaired) electrons. The average Bonchev–Trinajstić information content (AvgIpc) is 3.20. The molecule has 0 aliphatic heterocycles. The monoisotopic (exact) mass is 844 g/mol. The van der Waals surface area contributed by atoms with Crippen LogP contribution < -0.4 is 0 Å². The maximum absolute atomic E-state index is 15.1. The van der Waals surface area contributed by atoms with Crippen LogP contribution in [0.3, 0.4) is 0 Å². The number of pyridine rings is 1. The van der Waals surface area contributed by atoms with Gasteiger partial charge in [-0.05, 0) is 145 Å². The molecule has 62 heavy (non-hydrogen) atoms. The third kappa shape index (κ3) is 11.3. The largest absolute Gasteiger partial charge is 0.507 e. The molecule has 6 heteroatoms. The van der Waals surface area contributed by atoms with E-state index in [1.54, 1.807) is 0 Å². The highest BCUT2D eigenvalue weighted by atomic mass is 19.4. The second-order valence-electron chi connectivity index (χ2n) is 19.5. The van der Waals surface area contributed by atoms with Crippen LogP contribution >= 0.6 is 0 Å². The molecule has 5 aromatic rings. The molecule has 0 amide bonds. The summed E-state index contributed by atoms with van der Waals surface area (Å²) in [6, 6.07) is 21.7. The third-order valence-corrected chi connectivity index (χ3v) is 12.5. The third-order valence-electron chi connectivity index (χ3n) is 12.5. The van der Waals surface area contributed by atoms with Crippen LogP contribution in [0.2, 0.25) is 0 Å². The lowest BCUT2D eigenvalue weighted by Crippen LogP contribution is -2.12. The molecule has 2 unspecified atom stereocenters. The number of aromatic nitrogens is 1. The lowest BCUT2D eigenvalue weighted by molar-refractivity contribution is -0.137. The van der Waals surface area contributed by atoms with Crippen molar-refractivity contribution in [2.75, 3.05) is 0 Å². The Morgan fingerprint density at radius 1 is 0.548 bits per heavy atom. The molecule has 5 rings (SSSR count). The number of hydrogen-bond acceptors (Lipinski definition) is 3. The molecule has 3 nitrogen and oxygen atoms in total. The van der Waals surface area contributed by atoms with Crippen molar-refractivity contribution in [2.24, 2.45) is 11.8 Å². The molecule has 1 aromatic heterocycles. The highest BCUT2D eigenvalue weighted by molar-refractivity contribution is 5.90. The van der Waals surface area contributed by atoms with Crippen molar-refractivity contribution in [3.8, 4) is 56.3 Å². The van der Waals surface area contributed by atoms with Gasteiger partial charge < -0.3 is 10.2 Å². The Balaban J connectivity index is 1.78. The molecule has 0 aliphatic rings. The number of halogens is 3. The smallest absolute Gasteiger partial charge is 0.416 e. The molecule has 2 N–H and O–H groups in total. The Labute approximate surface area is 369 Å². The van der Waals surface area contributed by atoms with Crippen LogP contribution in [0, 0.1) is 25.7 Å². The van der Waals surface area contributed by atoms with Crippen molar-refractivity contribution in [3.63, 3.8) is 0 Å². The fraction of sp³-hybridized carbons (Fsp3) is 0.411. The van der Waals surface area contributed by atoms with Crippen LogP contribution in [0.1, 0.15) is 133 Å². The zero-order valence-electron chi connectivity index (χ0n) is 38.8. The van der Waals surface area contributed by atoms with Gasteiger partial charge in [0.1, 0.15) is 11.5 Å². The van der Waals surface area contributed by atoms with Crippen molar-refractivity contribution in [1.29, 1.82) is 0 Å². The molecule has 1 heterocycles. The molecule has 0 fully saturated rings. The minimum absolute atomic E-state index is 0.129. The van der Waals surface area contributed by atoms with E-state index >= 15 is 13.2 Å². The molecule has 0 spiro atoms. The van der Waals surface area contributed by atoms with Crippen molar-refractivity contribution in [3.05, 3.63) is 137 Å². The zero-order valence-corrected chi connectivity index (χ0v) is 38.8. The van der Waals surface area contributed by atoms with Crippen LogP contribution in [0.25, 0.3) is 44.8 Å². The number of phenolic OH excluding ortho intramolecular Hbond substituents is 2. The predicted octanol–water partition coefficient (Wildman–Crippen LogP) is 16.5. The highest BCUT2D eigenvalue weighted by Gasteiger charge is 2.33. The van der Waals surface area contributed by atoms with Gasteiger partial charge in [-0.25, -0.2) is 4.98 Å². The normalized spacial score (nSPS) is 13.2. The Hall–Kier alpha value is -5.10. The lowest BCUT2D eigenvalue weighted by atomic mass is 9.81. The summed E-state index contributed by atoms with van der Waals surface area (Å²) in [5.74, 6) is 1.10. The number of nitrogens with zero attached hydrogens (tertiary/aromatic N) is 1. The number of allylic oxidation sites excluding steroid dienone is 2. The number of alkyl halides is 3. The molecule has 0 bridgehead atoms. The van der Waals surface area contributed by atoms with E-state index in [2.05, 4.69) is 80.7 Å². The first-order valence-corrected chi connectivity index (χ1v) is 22.4. The number of benzene rings is 4. The van der Waals surface area contributed by atoms with Crippen LogP contribution in [0.5, 0.6) is 11.5 Å². The van der Waals surface area contributed by atoms with Gasteiger partial charge >= 0.3 is 6.18 Å². The van der Waals surface area contributed by atoms with Gasteiger partial charge in [-0.2, -0.15) is 13.2 Å². The lowest BCUT2D eigenvalue weighted by Gasteiger charge is -2.25. The van der Waals surface area contributed by atoms with Crippen molar-refractivity contribution >= 4 is 0 Å². The van der Waals surface area contributed by atoms with Gasteiger partial charge in [-0.15, -0.1) is 13.2 Å². The van der Waals surface area contributed by atoms with Crippen molar-refractivity contribution in [1.82, 2.24) is 4.98 Å². The van der Waals surface area contributed by atoms with E-state index in [-0.39, 0.29) is 33.7 Å². The molecule has 0 saturated carbocycles. The van der Waals surface area contributed by atoms with Gasteiger partial charge in [0.05, 0.1) is 17.0 Å². The zero-order chi connectivity index (χ0) is 45.7. The summed E-state index contributed by atoms with van der Waals surface area (Å²) in [6.45, 7) is 28.8. The predicted molar refractivity (Wildman–Crippen MR) is 255 cm³/mol. The summed E-state index contributed by atoms with van der Waals surface area (Å²) in [4.78, 5) is 5.09. The summed E-state index contributed by atoms with van der Waals surface area (Å²) in [7, 11) is 0. The van der Waals surface area contributed by atoms with Gasteiger partial charge in [0.2, 0.25) is 0 Å². The highest BCUT2D eigenvalue weighted by Crippen LogP contribution is 2.46. The molecule has 2 atom stereocenters. The van der Waals surface area contributed by atoms with Crippen LogP contribution in [-0.2, 0) is 29.8 Å². The number of aromatic hydroxyl groups is 2. The summed E-state index contributed by atoms with van der Waals surface area (Å²) in [5.41, 5.74) is 7.56. The van der Waals surface area contributed by atoms with Crippen molar-refractivity contribution in [2.45, 2.75) is 138 Å². The number of phenols is 2. The Morgan fingerprint density at radius 3 is 1.26 bits per heavy atom. The van der Waals surface area contributed by atoms with E-state index < -0.39 is 11.7 Å². The van der Waals surface area contributed by atoms with Crippen molar-refractivity contribution < 1.29 is 23.4 Å². The second-order valence-corrected chi connectivity index (χ2v) is 19.5. The Kier molecular flexibility index (Phi) is 15.1. The molecular formula is C56H68F3NO2. The first kappa shape index (κ1) is 47.9. The van der Waals surface area contributed by atoms with Crippen LogP contribution in [-0.4, -0.2) is 15.2 Å². The summed E-state index contributed by atoms with van der Waals surface area (Å²) in [5, 5.41) is 24.2. The molecule has 0 saturated heterocycles. The summed E-state index contributed by atoms with van der Waals surface area (Å²) >= 11 is 0. The van der Waals surface area contributed by atoms with Gasteiger partial charge in [0.15, 0.2) is 0 Å². The maximum Gasteiger partial charge on any atom is 0.416 e. The minimum Gasteiger partial charge on any atom is -0.507 e. The Bertz CT molecular complexity index is 2230. The van der Waals surface area contributed by atoms with Gasteiger partial charge in [-0.1, -0.05) is 128 Å². The SMILES string of the molecule is C=CCC(CC)CCc1cc(C(C)(C)C)cc(-c2ccc(C)cc2-c2cc(C(F)(F)F)cc(-c3cc(C)ccc3-c3cc(C(C)(C)C)cc(CCC(CC)CC=C)c3O)n2)c1O. The molecule has 0 aliphatic carbocycles. The molecular weight excluding hydrogens is 776 g/mol. The topological polar surface area (TPSA) is 53.4 Å². The Morgan fingerprint density at radius 2 is 0.935 bits per heavy atom. The first-order valence-electron chi connectivity index (χ1n) is 22.4. The summed E-state index contributed by atoms with van der Waals surface area (Å²) in [6.07, 6.45) is 5.98. The van der Waals surface area contributed by atoms with Gasteiger partial charge in [0, 0.05) is 22.3 Å². The number of rotatable bonds is 16. The maximum atomic E-state index is 15.1. The number of hydrogen-bond donors (Lipinski definition) is 2. The van der Waals surface area contributed by atoms with Crippen LogP contribution in [0.4, 0.5) is 13.2 Å². The summed E-state index contributed by atoms with van der Waals surface area (Å²) < 4.78 is 45.4. The standard InChI is InChI=1S/C56H68F3NO2/c1-13-17-37(15-3)21-23-39-29-41(54(7,8)9)31-48(52(39)61)44-25-19-35(5)27-46(44)50-33-43(56(57,58)59)34-51(60-50)47-28-36(6)20-26-45(47)49-32-42(55(10,11)12)30-40(53(49)62)24-22-38(16-4)18-14-2/h13-14,19-20,25-34,37-38,61-62H,1-2,15-18,21-24H2,3-12H3. The van der Waals surface area contributed by atoms with E-state index in [9.17, 15) is 10.2 Å². The fourth-order valence-electron chi connectivity index (χ4n) is 8.39. The van der Waals surface area contributed by atoms with Gasteiger partial charge in [-0.3, -0.25) is 0 Å². The minimum atomic E-state index is -4.69. The quantitative estimate of drug-likeness (QED) is 0.0973. The van der Waals surface area contributed by atoms with Gasteiger partial charge in [0.25, 0.3) is 0 Å². The van der Waals surface area contributed by atoms with E-state index in [0.29, 0.717) is 58.1 Å². The van der Waals surface area contributed by atoms with E-state index in [0.717, 1.165) is 84.0 Å². The van der Waals surface area contributed by atoms with E-state index in [4.69, 9.17) is 4.98 Å². The molecule has 4 aromatic carbocycles. The fourth-order valence-corrected chi connectivity index (χ4v) is 8.39. The van der Waals surface area contributed by atoms with Crippen LogP contribution in [0.15, 0.2) is 98.1 Å². The average molecular weight is 844 g/mol. The number of aryl methyl sites for hydroxylation is 4.